The molecule has 0 amide bonds. The van der Waals surface area contributed by atoms with Gasteiger partial charge in [0.1, 0.15) is 6.33 Å². The van der Waals surface area contributed by atoms with Gasteiger partial charge in [-0.2, -0.15) is 0 Å². The van der Waals surface area contributed by atoms with E-state index in [0.29, 0.717) is 0 Å². The summed E-state index contributed by atoms with van der Waals surface area (Å²) in [6.07, 6.45) is 4.52. The summed E-state index contributed by atoms with van der Waals surface area (Å²) in [6.45, 7) is 7.42. The Hall–Kier alpha value is -1.74. The Morgan fingerprint density at radius 1 is 1.21 bits per heavy atom. The summed E-state index contributed by atoms with van der Waals surface area (Å²) in [4.78, 5) is 8.41. The molecule has 1 aromatic heterocycles. The fourth-order valence-corrected chi connectivity index (χ4v) is 2.21. The fraction of sp³-hybridized carbons (Fsp3) is 0.375. The van der Waals surface area contributed by atoms with Crippen LogP contribution in [0.25, 0.3) is 0 Å². The number of hydrogen-bond donors (Lipinski definition) is 1. The first-order chi connectivity index (χ1) is 9.22. The van der Waals surface area contributed by atoms with Crippen molar-refractivity contribution in [2.75, 3.05) is 6.54 Å². The predicted molar refractivity (Wildman–Crippen MR) is 78.1 cm³/mol. The second kappa shape index (κ2) is 6.43. The van der Waals surface area contributed by atoms with Gasteiger partial charge in [-0.3, -0.25) is 0 Å². The highest BCUT2D eigenvalue weighted by atomic mass is 15.0. The van der Waals surface area contributed by atoms with Crippen LogP contribution in [0.4, 0.5) is 0 Å². The second-order valence-corrected chi connectivity index (χ2v) is 4.88. The minimum atomic E-state index is 0.142. The van der Waals surface area contributed by atoms with Crippen LogP contribution in [0.5, 0.6) is 0 Å². The summed E-state index contributed by atoms with van der Waals surface area (Å²) in [7, 11) is 0. The quantitative estimate of drug-likeness (QED) is 0.891. The largest absolute Gasteiger partial charge is 0.305 e. The predicted octanol–water partition coefficient (Wildman–Crippen LogP) is 3.18. The molecular weight excluding hydrogens is 234 g/mol. The summed E-state index contributed by atoms with van der Waals surface area (Å²) in [6, 6.07) is 8.69. The van der Waals surface area contributed by atoms with Crippen molar-refractivity contribution in [1.29, 1.82) is 0 Å². The van der Waals surface area contributed by atoms with Crippen LogP contribution in [0, 0.1) is 13.8 Å². The molecule has 0 saturated heterocycles. The normalized spacial score (nSPS) is 12.4. The number of rotatable bonds is 5. The van der Waals surface area contributed by atoms with Gasteiger partial charge in [-0.05, 0) is 44.0 Å². The SMILES string of the molecule is CCCNC(c1ccncn1)c1cc(C)ccc1C. The van der Waals surface area contributed by atoms with Crippen LogP contribution >= 0.6 is 0 Å². The average Bonchev–Trinajstić information content (AvgIpc) is 2.44. The maximum Gasteiger partial charge on any atom is 0.115 e. The van der Waals surface area contributed by atoms with Crippen LogP contribution in [0.3, 0.4) is 0 Å². The van der Waals surface area contributed by atoms with Gasteiger partial charge in [0.15, 0.2) is 0 Å². The molecule has 0 aliphatic rings. The lowest BCUT2D eigenvalue weighted by Crippen LogP contribution is -2.25. The minimum Gasteiger partial charge on any atom is -0.305 e. The summed E-state index contributed by atoms with van der Waals surface area (Å²) >= 11 is 0. The molecule has 1 N–H and O–H groups in total. The maximum atomic E-state index is 4.41. The summed E-state index contributed by atoms with van der Waals surface area (Å²) < 4.78 is 0. The molecule has 0 spiro atoms. The Morgan fingerprint density at radius 2 is 2.05 bits per heavy atom. The monoisotopic (exact) mass is 255 g/mol. The molecule has 19 heavy (non-hydrogen) atoms. The number of aryl methyl sites for hydroxylation is 2. The highest BCUT2D eigenvalue weighted by Crippen LogP contribution is 2.24. The zero-order chi connectivity index (χ0) is 13.7. The number of benzene rings is 1. The van der Waals surface area contributed by atoms with Crippen molar-refractivity contribution >= 4 is 0 Å². The van der Waals surface area contributed by atoms with Crippen molar-refractivity contribution in [1.82, 2.24) is 15.3 Å². The van der Waals surface area contributed by atoms with Gasteiger partial charge >= 0.3 is 0 Å². The second-order valence-electron chi connectivity index (χ2n) is 4.88. The molecule has 2 aromatic rings. The van der Waals surface area contributed by atoms with E-state index in [0.717, 1.165) is 18.7 Å². The van der Waals surface area contributed by atoms with E-state index in [9.17, 15) is 0 Å². The van der Waals surface area contributed by atoms with E-state index < -0.39 is 0 Å². The van der Waals surface area contributed by atoms with Crippen molar-refractivity contribution in [3.05, 3.63) is 59.2 Å². The molecule has 2 rings (SSSR count). The van der Waals surface area contributed by atoms with Gasteiger partial charge in [-0.25, -0.2) is 9.97 Å². The van der Waals surface area contributed by atoms with Gasteiger partial charge in [0.25, 0.3) is 0 Å². The van der Waals surface area contributed by atoms with E-state index in [2.05, 4.69) is 54.3 Å². The molecule has 3 heteroatoms. The number of hydrogen-bond acceptors (Lipinski definition) is 3. The molecule has 1 aromatic carbocycles. The van der Waals surface area contributed by atoms with E-state index >= 15 is 0 Å². The highest BCUT2D eigenvalue weighted by molar-refractivity contribution is 5.37. The van der Waals surface area contributed by atoms with Crippen LogP contribution in [-0.4, -0.2) is 16.5 Å². The van der Waals surface area contributed by atoms with Gasteiger partial charge in [-0.1, -0.05) is 30.7 Å². The molecule has 0 bridgehead atoms. The summed E-state index contributed by atoms with van der Waals surface area (Å²) in [5.41, 5.74) is 4.89. The topological polar surface area (TPSA) is 37.8 Å². The molecular formula is C16H21N3. The van der Waals surface area contributed by atoms with Gasteiger partial charge < -0.3 is 5.32 Å². The van der Waals surface area contributed by atoms with Crippen molar-refractivity contribution in [2.45, 2.75) is 33.2 Å². The van der Waals surface area contributed by atoms with Gasteiger partial charge in [-0.15, -0.1) is 0 Å². The molecule has 1 unspecified atom stereocenters. The molecule has 3 nitrogen and oxygen atoms in total. The van der Waals surface area contributed by atoms with E-state index in [1.165, 1.54) is 16.7 Å². The molecule has 0 fully saturated rings. The fourth-order valence-electron chi connectivity index (χ4n) is 2.21. The lowest BCUT2D eigenvalue weighted by molar-refractivity contribution is 0.582. The summed E-state index contributed by atoms with van der Waals surface area (Å²) in [5, 5.41) is 3.58. The number of nitrogens with one attached hydrogen (secondary N) is 1. The lowest BCUT2D eigenvalue weighted by Gasteiger charge is -2.20. The third kappa shape index (κ3) is 3.38. The van der Waals surface area contributed by atoms with Gasteiger partial charge in [0.05, 0.1) is 11.7 Å². The van der Waals surface area contributed by atoms with Crippen molar-refractivity contribution < 1.29 is 0 Å². The van der Waals surface area contributed by atoms with Crippen molar-refractivity contribution in [3.63, 3.8) is 0 Å². The smallest absolute Gasteiger partial charge is 0.115 e. The Kier molecular flexibility index (Phi) is 4.63. The Balaban J connectivity index is 2.40. The zero-order valence-corrected chi connectivity index (χ0v) is 11.9. The van der Waals surface area contributed by atoms with Crippen LogP contribution < -0.4 is 5.32 Å². The van der Waals surface area contributed by atoms with E-state index in [1.54, 1.807) is 12.5 Å². The van der Waals surface area contributed by atoms with E-state index in [1.807, 2.05) is 6.07 Å². The van der Waals surface area contributed by atoms with Crippen LogP contribution in [-0.2, 0) is 0 Å². The Labute approximate surface area is 115 Å². The van der Waals surface area contributed by atoms with Crippen molar-refractivity contribution in [3.8, 4) is 0 Å². The zero-order valence-electron chi connectivity index (χ0n) is 11.9. The Morgan fingerprint density at radius 3 is 2.74 bits per heavy atom. The summed E-state index contributed by atoms with van der Waals surface area (Å²) in [5.74, 6) is 0. The molecule has 0 aliphatic carbocycles. The van der Waals surface area contributed by atoms with Crippen LogP contribution in [0.15, 0.2) is 36.8 Å². The average molecular weight is 255 g/mol. The maximum absolute atomic E-state index is 4.41. The van der Waals surface area contributed by atoms with E-state index in [4.69, 9.17) is 0 Å². The third-order valence-electron chi connectivity index (χ3n) is 3.24. The third-order valence-corrected chi connectivity index (χ3v) is 3.24. The first-order valence-electron chi connectivity index (χ1n) is 6.78. The van der Waals surface area contributed by atoms with Crippen molar-refractivity contribution in [2.24, 2.45) is 0 Å². The first kappa shape index (κ1) is 13.7. The van der Waals surface area contributed by atoms with Gasteiger partial charge in [0.2, 0.25) is 0 Å². The molecule has 0 saturated carbocycles. The van der Waals surface area contributed by atoms with E-state index in [-0.39, 0.29) is 6.04 Å². The Bertz CT molecular complexity index is 523. The number of nitrogens with zero attached hydrogens (tertiary/aromatic N) is 2. The molecule has 0 radical (unpaired) electrons. The first-order valence-corrected chi connectivity index (χ1v) is 6.78. The van der Waals surface area contributed by atoms with Gasteiger partial charge in [0, 0.05) is 6.20 Å². The minimum absolute atomic E-state index is 0.142. The highest BCUT2D eigenvalue weighted by Gasteiger charge is 2.16. The molecule has 1 atom stereocenters. The standard InChI is InChI=1S/C16H21N3/c1-4-8-18-16(15-7-9-17-11-19-15)14-10-12(2)5-6-13(14)3/h5-7,9-11,16,18H,4,8H2,1-3H3. The lowest BCUT2D eigenvalue weighted by atomic mass is 9.96. The van der Waals surface area contributed by atoms with Crippen LogP contribution in [0.1, 0.15) is 41.8 Å². The number of aromatic nitrogens is 2. The molecule has 0 aliphatic heterocycles. The van der Waals surface area contributed by atoms with Crippen LogP contribution in [0.2, 0.25) is 0 Å². The molecule has 100 valence electrons. The molecule has 1 heterocycles.